The first-order chi connectivity index (χ1) is 11.3. The summed E-state index contributed by atoms with van der Waals surface area (Å²) >= 11 is 1.65. The SMILES string of the molecule is Nc1ccnc(-c2cc(-c3ccon3)n(Cc3ccsc3)n2)n1. The van der Waals surface area contributed by atoms with Crippen molar-refractivity contribution in [1.82, 2.24) is 24.9 Å². The number of anilines is 1. The van der Waals surface area contributed by atoms with Crippen LogP contribution in [0.15, 0.2) is 52.0 Å². The van der Waals surface area contributed by atoms with E-state index < -0.39 is 0 Å². The van der Waals surface area contributed by atoms with E-state index in [9.17, 15) is 0 Å². The summed E-state index contributed by atoms with van der Waals surface area (Å²) in [6.07, 6.45) is 3.15. The van der Waals surface area contributed by atoms with E-state index in [2.05, 4.69) is 31.7 Å². The first kappa shape index (κ1) is 13.6. The normalized spacial score (nSPS) is 11.0. The van der Waals surface area contributed by atoms with E-state index in [-0.39, 0.29) is 0 Å². The molecule has 0 aliphatic carbocycles. The Labute approximate surface area is 135 Å². The molecule has 8 heteroatoms. The second-order valence-corrected chi connectivity index (χ2v) is 5.67. The van der Waals surface area contributed by atoms with Crippen molar-refractivity contribution in [3.8, 4) is 22.9 Å². The van der Waals surface area contributed by atoms with Crippen LogP contribution < -0.4 is 5.73 Å². The van der Waals surface area contributed by atoms with Gasteiger partial charge < -0.3 is 10.3 Å². The summed E-state index contributed by atoms with van der Waals surface area (Å²) in [5.41, 5.74) is 9.10. The molecule has 0 fully saturated rings. The topological polar surface area (TPSA) is 95.7 Å². The number of thiophene rings is 1. The fraction of sp³-hybridized carbons (Fsp3) is 0.0667. The van der Waals surface area contributed by atoms with Crippen LogP contribution in [0.2, 0.25) is 0 Å². The fourth-order valence-corrected chi connectivity index (χ4v) is 2.91. The molecule has 0 atom stereocenters. The van der Waals surface area contributed by atoms with Crippen molar-refractivity contribution in [3.63, 3.8) is 0 Å². The van der Waals surface area contributed by atoms with E-state index in [0.29, 0.717) is 29.6 Å². The lowest BCUT2D eigenvalue weighted by atomic mass is 10.2. The molecule has 4 heterocycles. The standard InChI is InChI=1S/C15H12N6OS/c16-14-1-4-17-15(18-14)12-7-13(11-2-5-22-20-11)21(19-12)8-10-3-6-23-9-10/h1-7,9H,8H2,(H2,16,17,18). The summed E-state index contributed by atoms with van der Waals surface area (Å²) in [6.45, 7) is 0.633. The van der Waals surface area contributed by atoms with Crippen LogP contribution in [0.5, 0.6) is 0 Å². The van der Waals surface area contributed by atoms with Crippen molar-refractivity contribution in [3.05, 3.63) is 53.0 Å². The van der Waals surface area contributed by atoms with E-state index in [1.165, 1.54) is 11.8 Å². The van der Waals surface area contributed by atoms with Crippen molar-refractivity contribution in [2.75, 3.05) is 5.73 Å². The fourth-order valence-electron chi connectivity index (χ4n) is 2.25. The summed E-state index contributed by atoms with van der Waals surface area (Å²) in [5, 5.41) is 12.7. The summed E-state index contributed by atoms with van der Waals surface area (Å²) in [5.74, 6) is 0.893. The molecule has 0 radical (unpaired) electrons. The zero-order valence-corrected chi connectivity index (χ0v) is 12.8. The molecule has 0 aliphatic heterocycles. The van der Waals surface area contributed by atoms with Crippen LogP contribution >= 0.6 is 11.3 Å². The Morgan fingerprint density at radius 3 is 2.91 bits per heavy atom. The van der Waals surface area contributed by atoms with Crippen LogP contribution in [0, 0.1) is 0 Å². The zero-order valence-electron chi connectivity index (χ0n) is 12.0. The van der Waals surface area contributed by atoms with Crippen molar-refractivity contribution in [2.45, 2.75) is 6.54 Å². The van der Waals surface area contributed by atoms with Gasteiger partial charge in [0.1, 0.15) is 23.5 Å². The smallest absolute Gasteiger partial charge is 0.182 e. The van der Waals surface area contributed by atoms with Gasteiger partial charge in [0.2, 0.25) is 0 Å². The zero-order chi connectivity index (χ0) is 15.6. The molecule has 0 aliphatic rings. The van der Waals surface area contributed by atoms with E-state index in [1.807, 2.05) is 16.1 Å². The maximum absolute atomic E-state index is 5.73. The first-order valence-electron chi connectivity index (χ1n) is 6.88. The van der Waals surface area contributed by atoms with Gasteiger partial charge in [-0.3, -0.25) is 4.68 Å². The molecule has 7 nitrogen and oxygen atoms in total. The number of hydrogen-bond acceptors (Lipinski definition) is 7. The van der Waals surface area contributed by atoms with E-state index in [1.54, 1.807) is 29.7 Å². The number of rotatable bonds is 4. The van der Waals surface area contributed by atoms with Gasteiger partial charge in [0, 0.05) is 12.3 Å². The Morgan fingerprint density at radius 1 is 1.22 bits per heavy atom. The van der Waals surface area contributed by atoms with Crippen LogP contribution in [0.4, 0.5) is 5.82 Å². The molecule has 0 saturated heterocycles. The average Bonchev–Trinajstić information content (AvgIpc) is 3.29. The number of nitrogens with two attached hydrogens (primary N) is 1. The highest BCUT2D eigenvalue weighted by Crippen LogP contribution is 2.24. The lowest BCUT2D eigenvalue weighted by Gasteiger charge is -2.03. The van der Waals surface area contributed by atoms with Crippen LogP contribution in [0.1, 0.15) is 5.56 Å². The molecule has 4 aromatic rings. The Balaban J connectivity index is 1.80. The molecular weight excluding hydrogens is 312 g/mol. The Kier molecular flexibility index (Phi) is 3.35. The third kappa shape index (κ3) is 2.71. The van der Waals surface area contributed by atoms with Crippen LogP contribution in [0.25, 0.3) is 22.9 Å². The highest BCUT2D eigenvalue weighted by Gasteiger charge is 2.15. The maximum atomic E-state index is 5.73. The monoisotopic (exact) mass is 324 g/mol. The lowest BCUT2D eigenvalue weighted by Crippen LogP contribution is -2.03. The number of aromatic nitrogens is 5. The molecule has 0 saturated carbocycles. The van der Waals surface area contributed by atoms with Crippen molar-refractivity contribution in [2.24, 2.45) is 0 Å². The molecule has 4 aromatic heterocycles. The van der Waals surface area contributed by atoms with Gasteiger partial charge in [-0.05, 0) is 34.5 Å². The highest BCUT2D eigenvalue weighted by atomic mass is 32.1. The minimum Gasteiger partial charge on any atom is -0.384 e. The van der Waals surface area contributed by atoms with Crippen LogP contribution in [0.3, 0.4) is 0 Å². The highest BCUT2D eigenvalue weighted by molar-refractivity contribution is 7.07. The van der Waals surface area contributed by atoms with Crippen molar-refractivity contribution < 1.29 is 4.52 Å². The number of nitrogens with zero attached hydrogens (tertiary/aromatic N) is 5. The molecule has 23 heavy (non-hydrogen) atoms. The first-order valence-corrected chi connectivity index (χ1v) is 7.82. The van der Waals surface area contributed by atoms with Gasteiger partial charge in [-0.1, -0.05) is 5.16 Å². The molecule has 2 N–H and O–H groups in total. The second-order valence-electron chi connectivity index (χ2n) is 4.89. The second kappa shape index (κ2) is 5.65. The summed E-state index contributed by atoms with van der Waals surface area (Å²) < 4.78 is 6.82. The van der Waals surface area contributed by atoms with Gasteiger partial charge in [0.25, 0.3) is 0 Å². The number of nitrogen functional groups attached to an aromatic ring is 1. The summed E-state index contributed by atoms with van der Waals surface area (Å²) in [6, 6.07) is 7.39. The third-order valence-corrected chi connectivity index (χ3v) is 4.03. The van der Waals surface area contributed by atoms with Crippen LogP contribution in [-0.2, 0) is 6.54 Å². The summed E-state index contributed by atoms with van der Waals surface area (Å²) in [7, 11) is 0. The molecular formula is C15H12N6OS. The molecule has 0 aromatic carbocycles. The molecule has 0 amide bonds. The predicted octanol–water partition coefficient (Wildman–Crippen LogP) is 2.69. The largest absolute Gasteiger partial charge is 0.384 e. The third-order valence-electron chi connectivity index (χ3n) is 3.30. The van der Waals surface area contributed by atoms with Gasteiger partial charge in [0.15, 0.2) is 5.82 Å². The molecule has 0 unspecified atom stereocenters. The molecule has 114 valence electrons. The maximum Gasteiger partial charge on any atom is 0.182 e. The van der Waals surface area contributed by atoms with Gasteiger partial charge in [-0.25, -0.2) is 9.97 Å². The van der Waals surface area contributed by atoms with E-state index in [0.717, 1.165) is 5.69 Å². The van der Waals surface area contributed by atoms with E-state index >= 15 is 0 Å². The van der Waals surface area contributed by atoms with Crippen LogP contribution in [-0.4, -0.2) is 24.9 Å². The van der Waals surface area contributed by atoms with Gasteiger partial charge in [0.05, 0.1) is 12.2 Å². The predicted molar refractivity (Wildman–Crippen MR) is 86.6 cm³/mol. The quantitative estimate of drug-likeness (QED) is 0.620. The van der Waals surface area contributed by atoms with E-state index in [4.69, 9.17) is 10.3 Å². The van der Waals surface area contributed by atoms with Crippen molar-refractivity contribution in [1.29, 1.82) is 0 Å². The molecule has 4 rings (SSSR count). The Morgan fingerprint density at radius 2 is 2.17 bits per heavy atom. The Hall–Kier alpha value is -3.00. The molecule has 0 bridgehead atoms. The minimum atomic E-state index is 0.408. The average molecular weight is 324 g/mol. The minimum absolute atomic E-state index is 0.408. The summed E-state index contributed by atoms with van der Waals surface area (Å²) in [4.78, 5) is 8.46. The van der Waals surface area contributed by atoms with Gasteiger partial charge in [-0.15, -0.1) is 0 Å². The molecule has 0 spiro atoms. The lowest BCUT2D eigenvalue weighted by molar-refractivity contribution is 0.421. The van der Waals surface area contributed by atoms with Gasteiger partial charge in [-0.2, -0.15) is 16.4 Å². The Bertz CT molecular complexity index is 914. The van der Waals surface area contributed by atoms with Gasteiger partial charge >= 0.3 is 0 Å². The number of hydrogen-bond donors (Lipinski definition) is 1. The van der Waals surface area contributed by atoms with Crippen molar-refractivity contribution >= 4 is 17.2 Å².